The molecule has 21 heavy (non-hydrogen) atoms. The molecule has 1 rings (SSSR count). The minimum Gasteiger partial charge on any atom is -0.291 e. The number of halogens is 4. The van der Waals surface area contributed by atoms with E-state index in [0.717, 1.165) is 0 Å². The quantitative estimate of drug-likeness (QED) is 0.461. The lowest BCUT2D eigenvalue weighted by atomic mass is 10.1. The number of carbonyl (C=O) groups excluding carboxylic acids is 1. The van der Waals surface area contributed by atoms with Crippen LogP contribution in [0.5, 0.6) is 0 Å². The number of nitrogens with zero attached hydrogens (tertiary/aromatic N) is 1. The molecule has 0 spiro atoms. The van der Waals surface area contributed by atoms with Crippen molar-refractivity contribution in [1.82, 2.24) is 10.3 Å². The molecule has 4 nitrogen and oxygen atoms in total. The molecule has 0 radical (unpaired) electrons. The van der Waals surface area contributed by atoms with E-state index in [0.29, 0.717) is 28.6 Å². The lowest BCUT2D eigenvalue weighted by Gasteiger charge is -2.23. The summed E-state index contributed by atoms with van der Waals surface area (Å²) in [5.74, 6) is 4.58. The fourth-order valence-corrected chi connectivity index (χ4v) is 2.43. The number of hydrogen-bond donors (Lipinski definition) is 2. The van der Waals surface area contributed by atoms with Crippen molar-refractivity contribution in [2.75, 3.05) is 13.1 Å². The molecular weight excluding hydrogens is 351 g/mol. The van der Waals surface area contributed by atoms with E-state index in [1.54, 1.807) is 6.07 Å². The van der Waals surface area contributed by atoms with Crippen LogP contribution in [0, 0.1) is 0 Å². The van der Waals surface area contributed by atoms with Crippen LogP contribution in [0.2, 0.25) is 0 Å². The molecule has 118 valence electrons. The molecule has 0 fully saturated rings. The number of nitrogen functional groups attached to an aromatic ring is 1. The first-order valence-corrected chi connectivity index (χ1v) is 7.14. The van der Waals surface area contributed by atoms with Crippen LogP contribution in [0.4, 0.5) is 13.2 Å². The van der Waals surface area contributed by atoms with Crippen molar-refractivity contribution in [2.24, 2.45) is 5.84 Å². The first-order valence-electron chi connectivity index (χ1n) is 6.35. The first-order chi connectivity index (χ1) is 9.76. The van der Waals surface area contributed by atoms with Crippen molar-refractivity contribution >= 4 is 21.8 Å². The van der Waals surface area contributed by atoms with Gasteiger partial charge in [0, 0.05) is 16.6 Å². The number of nitrogens with one attached hydrogen (secondary N) is 1. The molecule has 0 saturated carbocycles. The van der Waals surface area contributed by atoms with Crippen LogP contribution in [0.25, 0.3) is 0 Å². The molecule has 1 amide bonds. The topological polar surface area (TPSA) is 58.4 Å². The maximum absolute atomic E-state index is 12.5. The van der Waals surface area contributed by atoms with Gasteiger partial charge in [-0.05, 0) is 30.7 Å². The monoisotopic (exact) mass is 367 g/mol. The Morgan fingerprint density at radius 1 is 1.43 bits per heavy atom. The van der Waals surface area contributed by atoms with E-state index < -0.39 is 18.6 Å². The summed E-state index contributed by atoms with van der Waals surface area (Å²) in [4.78, 5) is 12.7. The van der Waals surface area contributed by atoms with E-state index >= 15 is 0 Å². The summed E-state index contributed by atoms with van der Waals surface area (Å²) in [5.41, 5.74) is 3.02. The zero-order valence-electron chi connectivity index (χ0n) is 11.5. The molecule has 0 aliphatic heterocycles. The molecule has 0 bridgehead atoms. The SMILES string of the molecule is CCCN(Cc1ccc(C(=O)NN)cc1Br)CC(F)(F)F. The summed E-state index contributed by atoms with van der Waals surface area (Å²) in [7, 11) is 0. The number of hydrazine groups is 1. The summed E-state index contributed by atoms with van der Waals surface area (Å²) in [6, 6.07) is 4.68. The van der Waals surface area contributed by atoms with E-state index in [9.17, 15) is 18.0 Å². The van der Waals surface area contributed by atoms with Gasteiger partial charge < -0.3 is 0 Å². The summed E-state index contributed by atoms with van der Waals surface area (Å²) >= 11 is 3.28. The molecule has 0 atom stereocenters. The lowest BCUT2D eigenvalue weighted by molar-refractivity contribution is -0.147. The Labute approximate surface area is 129 Å². The molecule has 0 aromatic heterocycles. The second-order valence-electron chi connectivity index (χ2n) is 4.61. The third-order valence-corrected chi connectivity index (χ3v) is 3.52. The van der Waals surface area contributed by atoms with Crippen LogP contribution in [0.15, 0.2) is 22.7 Å². The fourth-order valence-electron chi connectivity index (χ4n) is 1.92. The van der Waals surface area contributed by atoms with Gasteiger partial charge >= 0.3 is 6.18 Å². The van der Waals surface area contributed by atoms with E-state index in [4.69, 9.17) is 5.84 Å². The summed E-state index contributed by atoms with van der Waals surface area (Å²) in [5, 5.41) is 0. The van der Waals surface area contributed by atoms with Gasteiger partial charge in [-0.3, -0.25) is 15.1 Å². The van der Waals surface area contributed by atoms with Gasteiger partial charge in [0.2, 0.25) is 0 Å². The number of carbonyl (C=O) groups is 1. The number of amides is 1. The Kier molecular flexibility index (Phi) is 6.63. The van der Waals surface area contributed by atoms with Crippen LogP contribution in [0.3, 0.4) is 0 Å². The van der Waals surface area contributed by atoms with Gasteiger partial charge in [-0.15, -0.1) is 0 Å². The predicted octanol–water partition coefficient (Wildman–Crippen LogP) is 2.83. The zero-order chi connectivity index (χ0) is 16.0. The smallest absolute Gasteiger partial charge is 0.291 e. The third kappa shape index (κ3) is 6.03. The maximum atomic E-state index is 12.5. The standard InChI is InChI=1S/C13H17BrF3N3O/c1-2-5-20(8-13(15,16)17)7-10-4-3-9(6-11(10)14)12(21)19-18/h3-4,6H,2,5,7-8,18H2,1H3,(H,19,21). The van der Waals surface area contributed by atoms with E-state index in [1.165, 1.54) is 17.0 Å². The molecule has 0 unspecified atom stereocenters. The highest BCUT2D eigenvalue weighted by atomic mass is 79.9. The van der Waals surface area contributed by atoms with Crippen LogP contribution in [-0.4, -0.2) is 30.1 Å². The van der Waals surface area contributed by atoms with Crippen molar-refractivity contribution in [3.63, 3.8) is 0 Å². The van der Waals surface area contributed by atoms with Crippen molar-refractivity contribution in [2.45, 2.75) is 26.1 Å². The highest BCUT2D eigenvalue weighted by Gasteiger charge is 2.30. The predicted molar refractivity (Wildman–Crippen MR) is 77.4 cm³/mol. The van der Waals surface area contributed by atoms with Crippen molar-refractivity contribution in [1.29, 1.82) is 0 Å². The van der Waals surface area contributed by atoms with Crippen LogP contribution in [0.1, 0.15) is 29.3 Å². The van der Waals surface area contributed by atoms with Crippen LogP contribution >= 0.6 is 15.9 Å². The largest absolute Gasteiger partial charge is 0.401 e. The Hall–Kier alpha value is -1.12. The molecule has 0 aliphatic rings. The van der Waals surface area contributed by atoms with Gasteiger partial charge in [0.25, 0.3) is 5.91 Å². The van der Waals surface area contributed by atoms with Crippen molar-refractivity contribution < 1.29 is 18.0 Å². The molecule has 0 heterocycles. The van der Waals surface area contributed by atoms with E-state index in [-0.39, 0.29) is 6.54 Å². The highest BCUT2D eigenvalue weighted by Crippen LogP contribution is 2.23. The third-order valence-electron chi connectivity index (χ3n) is 2.78. The molecule has 1 aromatic carbocycles. The van der Waals surface area contributed by atoms with Crippen molar-refractivity contribution in [3.05, 3.63) is 33.8 Å². The molecule has 8 heteroatoms. The Morgan fingerprint density at radius 3 is 2.57 bits per heavy atom. The zero-order valence-corrected chi connectivity index (χ0v) is 13.1. The average Bonchev–Trinajstić information content (AvgIpc) is 2.38. The average molecular weight is 368 g/mol. The van der Waals surface area contributed by atoms with Gasteiger partial charge in [0.1, 0.15) is 0 Å². The van der Waals surface area contributed by atoms with Gasteiger partial charge in [0.05, 0.1) is 6.54 Å². The number of benzene rings is 1. The summed E-state index contributed by atoms with van der Waals surface area (Å²) in [6.45, 7) is 1.36. The van der Waals surface area contributed by atoms with Crippen LogP contribution in [-0.2, 0) is 6.54 Å². The Morgan fingerprint density at radius 2 is 2.10 bits per heavy atom. The molecule has 3 N–H and O–H groups in total. The number of alkyl halides is 3. The first kappa shape index (κ1) is 17.9. The number of nitrogens with two attached hydrogens (primary N) is 1. The van der Waals surface area contributed by atoms with Crippen molar-refractivity contribution in [3.8, 4) is 0 Å². The van der Waals surface area contributed by atoms with Gasteiger partial charge in [-0.1, -0.05) is 28.9 Å². The van der Waals surface area contributed by atoms with E-state index in [1.807, 2.05) is 12.3 Å². The van der Waals surface area contributed by atoms with E-state index in [2.05, 4.69) is 15.9 Å². The van der Waals surface area contributed by atoms with Gasteiger partial charge in [0.15, 0.2) is 0 Å². The Bertz CT molecular complexity index is 494. The number of rotatable bonds is 6. The number of hydrogen-bond acceptors (Lipinski definition) is 3. The Balaban J connectivity index is 2.86. The molecule has 0 saturated heterocycles. The highest BCUT2D eigenvalue weighted by molar-refractivity contribution is 9.10. The minimum absolute atomic E-state index is 0.151. The summed E-state index contributed by atoms with van der Waals surface area (Å²) in [6.07, 6.45) is -3.61. The van der Waals surface area contributed by atoms with Crippen LogP contribution < -0.4 is 11.3 Å². The van der Waals surface area contributed by atoms with Gasteiger partial charge in [-0.2, -0.15) is 13.2 Å². The molecule has 0 aliphatic carbocycles. The second-order valence-corrected chi connectivity index (χ2v) is 5.46. The molecular formula is C13H17BrF3N3O. The fraction of sp³-hybridized carbons (Fsp3) is 0.462. The molecule has 1 aromatic rings. The second kappa shape index (κ2) is 7.77. The lowest BCUT2D eigenvalue weighted by Crippen LogP contribution is -2.34. The van der Waals surface area contributed by atoms with Gasteiger partial charge in [-0.25, -0.2) is 5.84 Å². The normalized spacial score (nSPS) is 11.8. The maximum Gasteiger partial charge on any atom is 0.401 e. The summed E-state index contributed by atoms with van der Waals surface area (Å²) < 4.78 is 38.2. The minimum atomic E-state index is -4.24.